The van der Waals surface area contributed by atoms with Gasteiger partial charge in [0.1, 0.15) is 11.0 Å². The molecule has 1 fully saturated rings. The van der Waals surface area contributed by atoms with Crippen LogP contribution in [0.5, 0.6) is 0 Å². The number of pyridine rings is 1. The maximum Gasteiger partial charge on any atom is 0.237 e. The van der Waals surface area contributed by atoms with E-state index in [0.717, 1.165) is 40.5 Å². The molecule has 27 heavy (non-hydrogen) atoms. The molecule has 1 aliphatic carbocycles. The first-order valence-electron chi connectivity index (χ1n) is 8.97. The minimum atomic E-state index is -0.485. The number of halogens is 1. The number of amides is 1. The summed E-state index contributed by atoms with van der Waals surface area (Å²) in [5.41, 5.74) is 4.04. The van der Waals surface area contributed by atoms with Crippen molar-refractivity contribution in [1.82, 2.24) is 15.0 Å². The van der Waals surface area contributed by atoms with Gasteiger partial charge in [0.15, 0.2) is 0 Å². The fourth-order valence-corrected chi connectivity index (χ4v) is 4.12. The Morgan fingerprint density at radius 1 is 1.19 bits per heavy atom. The highest BCUT2D eigenvalue weighted by Gasteiger charge is 2.51. The van der Waals surface area contributed by atoms with Crippen molar-refractivity contribution in [2.24, 2.45) is 11.3 Å². The number of fused-ring (bicyclic) bond motifs is 1. The average Bonchev–Trinajstić information content (AvgIpc) is 2.81. The number of anilines is 1. The lowest BCUT2D eigenvalue weighted by Crippen LogP contribution is -2.31. The minimum Gasteiger partial charge on any atom is -0.284 e. The predicted octanol–water partition coefficient (Wildman–Crippen LogP) is 4.50. The number of hydrogen-bond acceptors (Lipinski definition) is 4. The molecule has 0 saturated carbocycles. The van der Waals surface area contributed by atoms with E-state index in [1.807, 2.05) is 46.2 Å². The zero-order chi connectivity index (χ0) is 19.3. The Bertz CT molecular complexity index is 971. The molecule has 1 amide bonds. The molecule has 1 saturated heterocycles. The molecular weight excluding hydrogens is 360 g/mol. The highest BCUT2D eigenvalue weighted by Crippen LogP contribution is 2.50. The van der Waals surface area contributed by atoms with E-state index in [9.17, 15) is 4.79 Å². The number of carbonyl (C=O) groups is 1. The SMILES string of the molecule is Cc1cc(N2C(=O)C(C)(C)C3CC=C(c4cnc(C)nc4)C=C32)cc(Cl)n1. The van der Waals surface area contributed by atoms with Crippen LogP contribution in [0.15, 0.2) is 42.4 Å². The monoisotopic (exact) mass is 380 g/mol. The molecule has 0 aromatic carbocycles. The van der Waals surface area contributed by atoms with Gasteiger partial charge in [-0.05, 0) is 44.1 Å². The van der Waals surface area contributed by atoms with Crippen LogP contribution < -0.4 is 4.90 Å². The van der Waals surface area contributed by atoms with E-state index < -0.39 is 5.41 Å². The van der Waals surface area contributed by atoms with E-state index in [1.165, 1.54) is 0 Å². The third-order valence-electron chi connectivity index (χ3n) is 5.40. The Kier molecular flexibility index (Phi) is 4.15. The fraction of sp³-hybridized carbons (Fsp3) is 0.333. The normalized spacial score (nSPS) is 21.0. The number of carbonyl (C=O) groups excluding carboxylic acids is 1. The van der Waals surface area contributed by atoms with E-state index in [-0.39, 0.29) is 11.8 Å². The van der Waals surface area contributed by atoms with Crippen LogP contribution in [-0.2, 0) is 4.79 Å². The Hall–Kier alpha value is -2.53. The molecule has 0 radical (unpaired) electrons. The molecule has 1 atom stereocenters. The highest BCUT2D eigenvalue weighted by molar-refractivity contribution is 6.29. The Labute approximate surface area is 163 Å². The smallest absolute Gasteiger partial charge is 0.237 e. The van der Waals surface area contributed by atoms with Crippen molar-refractivity contribution in [3.63, 3.8) is 0 Å². The second kappa shape index (κ2) is 6.27. The average molecular weight is 381 g/mol. The Morgan fingerprint density at radius 2 is 1.89 bits per heavy atom. The van der Waals surface area contributed by atoms with Crippen LogP contribution in [0, 0.1) is 25.2 Å². The lowest BCUT2D eigenvalue weighted by atomic mass is 9.75. The molecule has 5 nitrogen and oxygen atoms in total. The van der Waals surface area contributed by atoms with Gasteiger partial charge in [-0.1, -0.05) is 31.5 Å². The van der Waals surface area contributed by atoms with Crippen molar-refractivity contribution in [3.05, 3.63) is 64.6 Å². The fourth-order valence-electron chi connectivity index (χ4n) is 3.87. The van der Waals surface area contributed by atoms with Crippen molar-refractivity contribution >= 4 is 28.8 Å². The van der Waals surface area contributed by atoms with Crippen LogP contribution >= 0.6 is 11.6 Å². The Balaban J connectivity index is 1.82. The molecular formula is C21H21ClN4O. The molecule has 2 aliphatic rings. The summed E-state index contributed by atoms with van der Waals surface area (Å²) in [6, 6.07) is 3.65. The van der Waals surface area contributed by atoms with Gasteiger partial charge in [0, 0.05) is 35.3 Å². The summed E-state index contributed by atoms with van der Waals surface area (Å²) in [5.74, 6) is 0.934. The Morgan fingerprint density at radius 3 is 2.56 bits per heavy atom. The molecule has 138 valence electrons. The van der Waals surface area contributed by atoms with E-state index >= 15 is 0 Å². The second-order valence-electron chi connectivity index (χ2n) is 7.69. The quantitative estimate of drug-likeness (QED) is 0.719. The van der Waals surface area contributed by atoms with Gasteiger partial charge < -0.3 is 0 Å². The second-order valence-corrected chi connectivity index (χ2v) is 8.07. The van der Waals surface area contributed by atoms with Gasteiger partial charge in [-0.15, -0.1) is 0 Å². The zero-order valence-electron chi connectivity index (χ0n) is 15.8. The van der Waals surface area contributed by atoms with E-state index in [2.05, 4.69) is 27.1 Å². The van der Waals surface area contributed by atoms with Gasteiger partial charge >= 0.3 is 0 Å². The number of aromatic nitrogens is 3. The van der Waals surface area contributed by atoms with E-state index in [1.54, 1.807) is 11.0 Å². The van der Waals surface area contributed by atoms with Crippen molar-refractivity contribution in [2.45, 2.75) is 34.1 Å². The number of hydrogen-bond donors (Lipinski definition) is 0. The number of allylic oxidation sites excluding steroid dienone is 4. The molecule has 1 unspecified atom stereocenters. The molecule has 4 rings (SSSR count). The number of aryl methyl sites for hydroxylation is 2. The molecule has 0 spiro atoms. The largest absolute Gasteiger partial charge is 0.284 e. The molecule has 6 heteroatoms. The third kappa shape index (κ3) is 2.96. The maximum atomic E-state index is 13.3. The van der Waals surface area contributed by atoms with Crippen LogP contribution in [0.1, 0.15) is 37.4 Å². The summed E-state index contributed by atoms with van der Waals surface area (Å²) in [6.45, 7) is 7.76. The van der Waals surface area contributed by atoms with Gasteiger partial charge in [0.2, 0.25) is 5.91 Å². The summed E-state index contributed by atoms with van der Waals surface area (Å²) in [4.78, 5) is 27.9. The molecule has 2 aromatic heterocycles. The van der Waals surface area contributed by atoms with Gasteiger partial charge in [0.25, 0.3) is 0 Å². The van der Waals surface area contributed by atoms with Gasteiger partial charge in [-0.3, -0.25) is 9.69 Å². The lowest BCUT2D eigenvalue weighted by Gasteiger charge is -2.26. The predicted molar refractivity (Wildman–Crippen MR) is 106 cm³/mol. The van der Waals surface area contributed by atoms with Crippen molar-refractivity contribution < 1.29 is 4.79 Å². The number of rotatable bonds is 2. The van der Waals surface area contributed by atoms with E-state index in [0.29, 0.717) is 5.15 Å². The van der Waals surface area contributed by atoms with Crippen molar-refractivity contribution in [2.75, 3.05) is 4.90 Å². The number of nitrogens with zero attached hydrogens (tertiary/aromatic N) is 4. The minimum absolute atomic E-state index is 0.0789. The molecule has 0 N–H and O–H groups in total. The van der Waals surface area contributed by atoms with Crippen LogP contribution in [0.25, 0.3) is 5.57 Å². The molecule has 1 aliphatic heterocycles. The first-order chi connectivity index (χ1) is 12.8. The summed E-state index contributed by atoms with van der Waals surface area (Å²) < 4.78 is 0. The maximum absolute atomic E-state index is 13.3. The third-order valence-corrected chi connectivity index (χ3v) is 5.59. The van der Waals surface area contributed by atoms with Gasteiger partial charge in [-0.2, -0.15) is 0 Å². The van der Waals surface area contributed by atoms with E-state index in [4.69, 9.17) is 11.6 Å². The van der Waals surface area contributed by atoms with Crippen LogP contribution in [-0.4, -0.2) is 20.9 Å². The standard InChI is InChI=1S/C21H21ClN4O/c1-12-7-16(9-19(22)25-12)26-18-8-14(15-10-23-13(2)24-11-15)5-6-17(18)21(3,4)20(26)27/h5,7-11,17H,6H2,1-4H3. The first kappa shape index (κ1) is 17.9. The molecule has 2 aromatic rings. The van der Waals surface area contributed by atoms with Crippen LogP contribution in [0.3, 0.4) is 0 Å². The molecule has 0 bridgehead atoms. The summed E-state index contributed by atoms with van der Waals surface area (Å²) in [6.07, 6.45) is 8.70. The van der Waals surface area contributed by atoms with Gasteiger partial charge in [-0.25, -0.2) is 15.0 Å². The lowest BCUT2D eigenvalue weighted by molar-refractivity contribution is -0.125. The first-order valence-corrected chi connectivity index (χ1v) is 9.34. The highest BCUT2D eigenvalue weighted by atomic mass is 35.5. The zero-order valence-corrected chi connectivity index (χ0v) is 16.6. The summed E-state index contributed by atoms with van der Waals surface area (Å²) in [7, 11) is 0. The van der Waals surface area contributed by atoms with Crippen molar-refractivity contribution in [3.8, 4) is 0 Å². The molecule has 3 heterocycles. The summed E-state index contributed by atoms with van der Waals surface area (Å²) >= 11 is 6.17. The topological polar surface area (TPSA) is 59.0 Å². The van der Waals surface area contributed by atoms with Gasteiger partial charge in [0.05, 0.1) is 11.1 Å². The van der Waals surface area contributed by atoms with Crippen molar-refractivity contribution in [1.29, 1.82) is 0 Å². The van der Waals surface area contributed by atoms with Crippen LogP contribution in [0.2, 0.25) is 5.15 Å². The van der Waals surface area contributed by atoms with Crippen LogP contribution in [0.4, 0.5) is 5.69 Å². The summed E-state index contributed by atoms with van der Waals surface area (Å²) in [5, 5.41) is 0.387.